The number of hydrogen-bond acceptors (Lipinski definition) is 1. The summed E-state index contributed by atoms with van der Waals surface area (Å²) in [4.78, 5) is 0. The zero-order valence-electron chi connectivity index (χ0n) is 12.6. The average molecular weight is 282 g/mol. The highest BCUT2D eigenvalue weighted by atomic mass is 31.0. The summed E-state index contributed by atoms with van der Waals surface area (Å²) in [6, 6.07) is 10.1. The molecule has 110 valence electrons. The molecule has 1 nitrogen and oxygen atoms in total. The lowest BCUT2D eigenvalue weighted by atomic mass is 10.1. The van der Waals surface area contributed by atoms with Crippen LogP contribution in [0.4, 0.5) is 0 Å². The Balaban J connectivity index is 0. The molecule has 1 aromatic rings. The van der Waals surface area contributed by atoms with Gasteiger partial charge in [0.15, 0.2) is 0 Å². The normalized spacial score (nSPS) is 8.89. The third-order valence-electron chi connectivity index (χ3n) is 2.76. The van der Waals surface area contributed by atoms with Gasteiger partial charge in [0.1, 0.15) is 5.75 Å². The van der Waals surface area contributed by atoms with Gasteiger partial charge >= 0.3 is 0 Å². The molecule has 1 rings (SSSR count). The molecule has 0 aromatic heterocycles. The van der Waals surface area contributed by atoms with Crippen molar-refractivity contribution in [3.8, 4) is 5.75 Å². The monoisotopic (exact) mass is 282 g/mol. The van der Waals surface area contributed by atoms with Gasteiger partial charge < -0.3 is 4.74 Å². The van der Waals surface area contributed by atoms with Crippen LogP contribution in [0.5, 0.6) is 5.75 Å². The molecular weight excluding hydrogens is 251 g/mol. The van der Waals surface area contributed by atoms with E-state index in [4.69, 9.17) is 4.74 Å². The second kappa shape index (κ2) is 17.2. The average Bonchev–Trinajstić information content (AvgIpc) is 2.45. The SMILES string of the molecule is C=C.CCCCCCCCCOc1ccccc1.P. The molecule has 19 heavy (non-hydrogen) atoms. The smallest absolute Gasteiger partial charge is 0.119 e. The first-order valence-electron chi connectivity index (χ1n) is 7.11. The van der Waals surface area contributed by atoms with E-state index in [0.29, 0.717) is 0 Å². The second-order valence-corrected chi connectivity index (χ2v) is 4.28. The Morgan fingerprint density at radius 2 is 1.37 bits per heavy atom. The summed E-state index contributed by atoms with van der Waals surface area (Å²) in [6.07, 6.45) is 9.35. The number of hydrogen-bond donors (Lipinski definition) is 0. The lowest BCUT2D eigenvalue weighted by Gasteiger charge is -2.05. The van der Waals surface area contributed by atoms with E-state index in [2.05, 4.69) is 20.1 Å². The van der Waals surface area contributed by atoms with Crippen LogP contribution in [0.15, 0.2) is 43.5 Å². The zero-order valence-corrected chi connectivity index (χ0v) is 14.0. The van der Waals surface area contributed by atoms with Crippen LogP contribution < -0.4 is 4.74 Å². The van der Waals surface area contributed by atoms with Gasteiger partial charge in [0, 0.05) is 0 Å². The van der Waals surface area contributed by atoms with Gasteiger partial charge in [-0.3, -0.25) is 0 Å². The van der Waals surface area contributed by atoms with Gasteiger partial charge in [0.05, 0.1) is 6.61 Å². The van der Waals surface area contributed by atoms with Gasteiger partial charge in [-0.25, -0.2) is 0 Å². The Morgan fingerprint density at radius 1 is 0.842 bits per heavy atom. The number of para-hydroxylation sites is 1. The van der Waals surface area contributed by atoms with E-state index in [1.54, 1.807) is 0 Å². The molecule has 0 radical (unpaired) electrons. The van der Waals surface area contributed by atoms with Crippen molar-refractivity contribution in [2.45, 2.75) is 51.9 Å². The molecule has 1 aromatic carbocycles. The van der Waals surface area contributed by atoms with Crippen LogP contribution in [0.25, 0.3) is 0 Å². The Hall–Kier alpha value is -0.810. The third kappa shape index (κ3) is 13.4. The summed E-state index contributed by atoms with van der Waals surface area (Å²) < 4.78 is 5.63. The van der Waals surface area contributed by atoms with Crippen molar-refractivity contribution < 1.29 is 4.74 Å². The topological polar surface area (TPSA) is 9.23 Å². The molecule has 0 saturated carbocycles. The van der Waals surface area contributed by atoms with Crippen molar-refractivity contribution in [3.05, 3.63) is 43.5 Å². The summed E-state index contributed by atoms with van der Waals surface area (Å²) in [5.74, 6) is 0.994. The summed E-state index contributed by atoms with van der Waals surface area (Å²) in [7, 11) is 0. The first kappa shape index (κ1) is 20.5. The Labute approximate surface area is 123 Å². The van der Waals surface area contributed by atoms with Crippen molar-refractivity contribution in [2.75, 3.05) is 6.61 Å². The molecule has 0 amide bonds. The van der Waals surface area contributed by atoms with E-state index in [0.717, 1.165) is 12.4 Å². The molecule has 1 unspecified atom stereocenters. The molecule has 0 N–H and O–H groups in total. The van der Waals surface area contributed by atoms with Crippen molar-refractivity contribution in [1.29, 1.82) is 0 Å². The minimum Gasteiger partial charge on any atom is -0.494 e. The largest absolute Gasteiger partial charge is 0.494 e. The minimum absolute atomic E-state index is 0. The van der Waals surface area contributed by atoms with Crippen LogP contribution in [-0.4, -0.2) is 6.61 Å². The van der Waals surface area contributed by atoms with E-state index >= 15 is 0 Å². The molecule has 0 saturated heterocycles. The second-order valence-electron chi connectivity index (χ2n) is 4.28. The van der Waals surface area contributed by atoms with E-state index in [1.165, 1.54) is 44.9 Å². The van der Waals surface area contributed by atoms with Crippen LogP contribution in [0.3, 0.4) is 0 Å². The number of rotatable bonds is 9. The molecule has 0 bridgehead atoms. The van der Waals surface area contributed by atoms with Crippen molar-refractivity contribution in [3.63, 3.8) is 0 Å². The van der Waals surface area contributed by atoms with Crippen LogP contribution in [-0.2, 0) is 0 Å². The Morgan fingerprint density at radius 3 is 1.95 bits per heavy atom. The van der Waals surface area contributed by atoms with Crippen LogP contribution in [0.1, 0.15) is 51.9 Å². The quantitative estimate of drug-likeness (QED) is 0.322. The van der Waals surface area contributed by atoms with Crippen molar-refractivity contribution >= 4 is 9.90 Å². The fourth-order valence-electron chi connectivity index (χ4n) is 1.77. The number of benzene rings is 1. The molecule has 0 aliphatic heterocycles. The van der Waals surface area contributed by atoms with Crippen molar-refractivity contribution in [2.24, 2.45) is 0 Å². The highest BCUT2D eigenvalue weighted by Crippen LogP contribution is 2.10. The summed E-state index contributed by atoms with van der Waals surface area (Å²) in [5.41, 5.74) is 0. The third-order valence-corrected chi connectivity index (χ3v) is 2.76. The van der Waals surface area contributed by atoms with Crippen LogP contribution >= 0.6 is 9.90 Å². The van der Waals surface area contributed by atoms with Gasteiger partial charge in [0.2, 0.25) is 0 Å². The van der Waals surface area contributed by atoms with Crippen molar-refractivity contribution in [1.82, 2.24) is 0 Å². The lowest BCUT2D eigenvalue weighted by Crippen LogP contribution is -1.96. The molecule has 0 aliphatic rings. The maximum absolute atomic E-state index is 5.63. The fourth-order valence-corrected chi connectivity index (χ4v) is 1.77. The van der Waals surface area contributed by atoms with Gasteiger partial charge in [-0.15, -0.1) is 13.2 Å². The van der Waals surface area contributed by atoms with Gasteiger partial charge in [-0.1, -0.05) is 63.6 Å². The number of unbranched alkanes of at least 4 members (excludes halogenated alkanes) is 6. The van der Waals surface area contributed by atoms with E-state index in [-0.39, 0.29) is 9.90 Å². The van der Waals surface area contributed by atoms with Crippen LogP contribution in [0, 0.1) is 0 Å². The summed E-state index contributed by atoms with van der Waals surface area (Å²) in [6.45, 7) is 9.12. The van der Waals surface area contributed by atoms with Crippen LogP contribution in [0.2, 0.25) is 0 Å². The van der Waals surface area contributed by atoms with Gasteiger partial charge in [-0.2, -0.15) is 9.90 Å². The molecule has 0 heterocycles. The van der Waals surface area contributed by atoms with Gasteiger partial charge in [-0.05, 0) is 18.6 Å². The molecule has 0 fully saturated rings. The summed E-state index contributed by atoms with van der Waals surface area (Å²) >= 11 is 0. The first-order valence-corrected chi connectivity index (χ1v) is 7.11. The summed E-state index contributed by atoms with van der Waals surface area (Å²) in [5, 5.41) is 0. The molecule has 0 spiro atoms. The lowest BCUT2D eigenvalue weighted by molar-refractivity contribution is 0.304. The predicted molar refractivity (Wildman–Crippen MR) is 92.3 cm³/mol. The molecular formula is C17H31OP. The zero-order chi connectivity index (χ0) is 13.5. The van der Waals surface area contributed by atoms with Gasteiger partial charge in [0.25, 0.3) is 0 Å². The number of ether oxygens (including phenoxy) is 1. The first-order chi connectivity index (χ1) is 8.93. The molecule has 2 heteroatoms. The Kier molecular flexibility index (Phi) is 18.6. The maximum Gasteiger partial charge on any atom is 0.119 e. The minimum atomic E-state index is 0. The van der Waals surface area contributed by atoms with E-state index in [1.807, 2.05) is 30.3 Å². The highest BCUT2D eigenvalue weighted by molar-refractivity contribution is 6.92. The standard InChI is InChI=1S/C15H24O.C2H4.H3P/c1-2-3-4-5-6-7-11-14-16-15-12-9-8-10-13-15;1-2;/h8-10,12-13H,2-7,11,14H2,1H3;1-2H2;1H3. The maximum atomic E-state index is 5.63. The predicted octanol–water partition coefficient (Wildman–Crippen LogP) is 5.68. The Bertz CT molecular complexity index is 261. The highest BCUT2D eigenvalue weighted by Gasteiger charge is 1.93. The molecule has 0 aliphatic carbocycles. The van der Waals surface area contributed by atoms with E-state index < -0.39 is 0 Å². The fraction of sp³-hybridized carbons (Fsp3) is 0.529. The van der Waals surface area contributed by atoms with E-state index in [9.17, 15) is 0 Å². The molecule has 1 atom stereocenters.